The molecule has 1 fully saturated rings. The van der Waals surface area contributed by atoms with Crippen molar-refractivity contribution in [3.63, 3.8) is 0 Å². The van der Waals surface area contributed by atoms with Crippen molar-refractivity contribution in [2.75, 3.05) is 6.54 Å². The van der Waals surface area contributed by atoms with E-state index in [4.69, 9.17) is 10.7 Å². The van der Waals surface area contributed by atoms with Crippen molar-refractivity contribution in [2.24, 2.45) is 11.7 Å². The first-order chi connectivity index (χ1) is 14.5. The minimum absolute atomic E-state index is 0.348. The minimum atomic E-state index is -0.866. The van der Waals surface area contributed by atoms with E-state index in [9.17, 15) is 5.11 Å². The van der Waals surface area contributed by atoms with Gasteiger partial charge in [0, 0.05) is 17.7 Å². The van der Waals surface area contributed by atoms with Crippen LogP contribution >= 0.6 is 0 Å². The predicted octanol–water partition coefficient (Wildman–Crippen LogP) is 4.34. The summed E-state index contributed by atoms with van der Waals surface area (Å²) in [5.41, 5.74) is 11.1. The molecule has 1 aliphatic carbocycles. The maximum Gasteiger partial charge on any atom is 0.154 e. The van der Waals surface area contributed by atoms with Crippen molar-refractivity contribution < 1.29 is 5.11 Å². The normalized spacial score (nSPS) is 20.3. The van der Waals surface area contributed by atoms with Crippen molar-refractivity contribution in [1.82, 2.24) is 19.4 Å². The Morgan fingerprint density at radius 3 is 2.63 bits per heavy atom. The number of aliphatic hydroxyl groups is 1. The van der Waals surface area contributed by atoms with Gasteiger partial charge in [0.05, 0.1) is 28.5 Å². The molecule has 1 aliphatic rings. The zero-order valence-electron chi connectivity index (χ0n) is 17.6. The average molecular weight is 404 g/mol. The Kier molecular flexibility index (Phi) is 4.64. The van der Waals surface area contributed by atoms with Crippen LogP contribution in [0.3, 0.4) is 0 Å². The Labute approximate surface area is 176 Å². The molecule has 0 bridgehead atoms. The van der Waals surface area contributed by atoms with E-state index in [0.717, 1.165) is 52.2 Å². The number of H-pyrrole nitrogens is 1. The van der Waals surface area contributed by atoms with Crippen LogP contribution in [0.1, 0.15) is 56.8 Å². The Morgan fingerprint density at radius 2 is 1.90 bits per heavy atom. The van der Waals surface area contributed by atoms with Gasteiger partial charge in [-0.1, -0.05) is 37.1 Å². The topological polar surface area (TPSA) is 92.2 Å². The summed E-state index contributed by atoms with van der Waals surface area (Å²) in [5, 5.41) is 10.3. The summed E-state index contributed by atoms with van der Waals surface area (Å²) in [6.45, 7) is 4.29. The van der Waals surface area contributed by atoms with Crippen molar-refractivity contribution >= 4 is 16.7 Å². The van der Waals surface area contributed by atoms with Crippen LogP contribution in [-0.2, 0) is 5.60 Å². The molecular weight excluding hydrogens is 374 g/mol. The Balaban J connectivity index is 1.72. The van der Waals surface area contributed by atoms with E-state index in [0.29, 0.717) is 18.4 Å². The number of imidazole rings is 1. The van der Waals surface area contributed by atoms with Crippen molar-refractivity contribution in [3.8, 4) is 11.3 Å². The highest BCUT2D eigenvalue weighted by molar-refractivity contribution is 5.84. The number of aromatic amines is 1. The lowest BCUT2D eigenvalue weighted by Crippen LogP contribution is -2.26. The van der Waals surface area contributed by atoms with E-state index in [-0.39, 0.29) is 0 Å². The fourth-order valence-electron chi connectivity index (χ4n) is 4.91. The number of nitrogens with zero attached hydrogens (tertiary/aromatic N) is 3. The monoisotopic (exact) mass is 403 g/mol. The van der Waals surface area contributed by atoms with Crippen molar-refractivity contribution in [2.45, 2.75) is 51.0 Å². The second kappa shape index (κ2) is 7.22. The maximum absolute atomic E-state index is 10.3. The molecule has 0 amide bonds. The summed E-state index contributed by atoms with van der Waals surface area (Å²) in [5.74, 6) is 1.90. The van der Waals surface area contributed by atoms with E-state index in [1.54, 1.807) is 13.8 Å². The van der Waals surface area contributed by atoms with E-state index >= 15 is 0 Å². The first kappa shape index (κ1) is 19.3. The van der Waals surface area contributed by atoms with E-state index in [2.05, 4.69) is 20.4 Å². The van der Waals surface area contributed by atoms with Crippen molar-refractivity contribution in [1.29, 1.82) is 0 Å². The summed E-state index contributed by atoms with van der Waals surface area (Å²) in [7, 11) is 0. The minimum Gasteiger partial charge on any atom is -0.386 e. The van der Waals surface area contributed by atoms with E-state index in [1.165, 1.54) is 12.8 Å². The summed E-state index contributed by atoms with van der Waals surface area (Å²) < 4.78 is 2.27. The van der Waals surface area contributed by atoms with Gasteiger partial charge in [0.2, 0.25) is 0 Å². The molecule has 0 spiro atoms. The van der Waals surface area contributed by atoms with Gasteiger partial charge in [-0.05, 0) is 50.8 Å². The zero-order valence-corrected chi connectivity index (χ0v) is 17.6. The number of aromatic nitrogens is 4. The molecule has 1 saturated carbocycles. The second-order valence-corrected chi connectivity index (χ2v) is 9.03. The Morgan fingerprint density at radius 1 is 1.13 bits per heavy atom. The molecule has 0 radical (unpaired) electrons. The highest BCUT2D eigenvalue weighted by atomic mass is 16.3. The first-order valence-electron chi connectivity index (χ1n) is 10.8. The number of hydrogen-bond acceptors (Lipinski definition) is 4. The molecule has 4 aromatic rings. The van der Waals surface area contributed by atoms with Crippen LogP contribution < -0.4 is 5.73 Å². The molecule has 1 aromatic carbocycles. The standard InChI is InChI=1S/C24H29N5O/c1-24(2,30)17-9-7-15(8-10-17)21-20-14-27-22-19(11-12-26-22)29(20)23(28-21)18-6-4-3-5-16(18)13-25/h7-12,14,16,18,26,30H,3-6,13,25H2,1-2H3. The molecule has 0 aliphatic heterocycles. The van der Waals surface area contributed by atoms with E-state index in [1.807, 2.05) is 36.7 Å². The SMILES string of the molecule is CC(C)(O)c1ccc(-c2nc(C3CCCCC3CN)n3c2cnc2[nH]ccc23)cc1. The molecule has 3 heterocycles. The lowest BCUT2D eigenvalue weighted by Gasteiger charge is -2.29. The highest BCUT2D eigenvalue weighted by Crippen LogP contribution is 2.40. The number of nitrogens with two attached hydrogens (primary N) is 1. The fourth-order valence-corrected chi connectivity index (χ4v) is 4.91. The molecule has 5 rings (SSSR count). The van der Waals surface area contributed by atoms with Crippen LogP contribution in [0.15, 0.2) is 42.7 Å². The van der Waals surface area contributed by atoms with Crippen LogP contribution in [0.5, 0.6) is 0 Å². The molecular formula is C24H29N5O. The van der Waals surface area contributed by atoms with Gasteiger partial charge in [-0.15, -0.1) is 0 Å². The van der Waals surface area contributed by atoms with Crippen LogP contribution in [0.2, 0.25) is 0 Å². The summed E-state index contributed by atoms with van der Waals surface area (Å²) in [6.07, 6.45) is 8.58. The molecule has 156 valence electrons. The highest BCUT2D eigenvalue weighted by Gasteiger charge is 2.31. The number of fused-ring (bicyclic) bond motifs is 3. The second-order valence-electron chi connectivity index (χ2n) is 9.03. The van der Waals surface area contributed by atoms with Gasteiger partial charge < -0.3 is 15.8 Å². The van der Waals surface area contributed by atoms with Gasteiger partial charge in [0.15, 0.2) is 5.65 Å². The predicted molar refractivity (Wildman–Crippen MR) is 119 cm³/mol. The van der Waals surface area contributed by atoms with Crippen LogP contribution in [0, 0.1) is 5.92 Å². The van der Waals surface area contributed by atoms with Gasteiger partial charge >= 0.3 is 0 Å². The van der Waals surface area contributed by atoms with Crippen LogP contribution in [0.25, 0.3) is 27.9 Å². The van der Waals surface area contributed by atoms with Gasteiger partial charge in [-0.2, -0.15) is 0 Å². The number of benzene rings is 1. The van der Waals surface area contributed by atoms with Crippen molar-refractivity contribution in [3.05, 3.63) is 54.1 Å². The van der Waals surface area contributed by atoms with E-state index < -0.39 is 5.60 Å². The average Bonchev–Trinajstić information content (AvgIpc) is 3.37. The summed E-state index contributed by atoms with van der Waals surface area (Å²) in [4.78, 5) is 13.1. The first-order valence-corrected chi connectivity index (χ1v) is 10.8. The molecule has 2 atom stereocenters. The van der Waals surface area contributed by atoms with Gasteiger partial charge in [-0.3, -0.25) is 4.40 Å². The lowest BCUT2D eigenvalue weighted by atomic mass is 9.79. The molecule has 6 heteroatoms. The molecule has 3 aromatic heterocycles. The molecule has 4 N–H and O–H groups in total. The molecule has 2 unspecified atom stereocenters. The Bertz CT molecular complexity index is 1180. The smallest absolute Gasteiger partial charge is 0.154 e. The van der Waals surface area contributed by atoms with Crippen LogP contribution in [0.4, 0.5) is 0 Å². The maximum atomic E-state index is 10.3. The number of hydrogen-bond donors (Lipinski definition) is 3. The molecule has 6 nitrogen and oxygen atoms in total. The third-order valence-corrected chi connectivity index (χ3v) is 6.61. The summed E-state index contributed by atoms with van der Waals surface area (Å²) >= 11 is 0. The molecule has 30 heavy (non-hydrogen) atoms. The summed E-state index contributed by atoms with van der Waals surface area (Å²) in [6, 6.07) is 10.1. The lowest BCUT2D eigenvalue weighted by molar-refractivity contribution is 0.0786. The Hall–Kier alpha value is -2.70. The number of rotatable bonds is 4. The zero-order chi connectivity index (χ0) is 20.9. The van der Waals surface area contributed by atoms with Crippen LogP contribution in [-0.4, -0.2) is 31.0 Å². The third kappa shape index (κ3) is 3.11. The van der Waals surface area contributed by atoms with Gasteiger partial charge in [0.1, 0.15) is 5.82 Å². The molecule has 0 saturated heterocycles. The quantitative estimate of drug-likeness (QED) is 0.473. The third-order valence-electron chi connectivity index (χ3n) is 6.61. The van der Waals surface area contributed by atoms with Gasteiger partial charge in [-0.25, -0.2) is 9.97 Å². The largest absolute Gasteiger partial charge is 0.386 e. The number of nitrogens with one attached hydrogen (secondary N) is 1. The van der Waals surface area contributed by atoms with Gasteiger partial charge in [0.25, 0.3) is 0 Å². The fraction of sp³-hybridized carbons (Fsp3) is 0.417.